The van der Waals surface area contributed by atoms with Gasteiger partial charge in [-0.15, -0.1) is 10.2 Å². The van der Waals surface area contributed by atoms with E-state index in [1.165, 1.54) is 0 Å². The lowest BCUT2D eigenvalue weighted by Gasteiger charge is -2.02. The van der Waals surface area contributed by atoms with Gasteiger partial charge in [-0.25, -0.2) is 0 Å². The van der Waals surface area contributed by atoms with Crippen LogP contribution in [0.15, 0.2) is 33.5 Å². The SMILES string of the molecule is CCCCc1nc(O)c(-c2nnc(Cc3ccc(Cl)cc3)o2)c(=O)[nH]1. The highest BCUT2D eigenvalue weighted by molar-refractivity contribution is 6.30. The van der Waals surface area contributed by atoms with E-state index in [1.807, 2.05) is 19.1 Å². The number of nitrogens with one attached hydrogen (secondary N) is 1. The van der Waals surface area contributed by atoms with Crippen molar-refractivity contribution in [3.8, 4) is 17.3 Å². The molecular formula is C17H17ClN4O3. The van der Waals surface area contributed by atoms with Crippen molar-refractivity contribution in [2.75, 3.05) is 0 Å². The van der Waals surface area contributed by atoms with Crippen LogP contribution in [0.2, 0.25) is 5.02 Å². The van der Waals surface area contributed by atoms with Gasteiger partial charge in [-0.05, 0) is 24.1 Å². The molecule has 0 aliphatic heterocycles. The molecular weight excluding hydrogens is 344 g/mol. The molecule has 0 atom stereocenters. The maximum Gasteiger partial charge on any atom is 0.267 e. The Morgan fingerprint density at radius 3 is 2.68 bits per heavy atom. The fourth-order valence-electron chi connectivity index (χ4n) is 2.37. The van der Waals surface area contributed by atoms with E-state index in [0.29, 0.717) is 29.6 Å². The summed E-state index contributed by atoms with van der Waals surface area (Å²) in [4.78, 5) is 18.9. The lowest BCUT2D eigenvalue weighted by atomic mass is 10.1. The zero-order valence-electron chi connectivity index (χ0n) is 13.6. The fraction of sp³-hybridized carbons (Fsp3) is 0.294. The van der Waals surface area contributed by atoms with E-state index in [2.05, 4.69) is 20.2 Å². The highest BCUT2D eigenvalue weighted by Crippen LogP contribution is 2.23. The largest absolute Gasteiger partial charge is 0.493 e. The zero-order chi connectivity index (χ0) is 17.8. The molecule has 0 saturated heterocycles. The van der Waals surface area contributed by atoms with Crippen molar-refractivity contribution in [2.24, 2.45) is 0 Å². The average Bonchev–Trinajstić information content (AvgIpc) is 3.02. The van der Waals surface area contributed by atoms with Crippen molar-refractivity contribution in [2.45, 2.75) is 32.6 Å². The second-order valence-electron chi connectivity index (χ2n) is 5.62. The van der Waals surface area contributed by atoms with Crippen LogP contribution in [0.3, 0.4) is 0 Å². The smallest absolute Gasteiger partial charge is 0.267 e. The fourth-order valence-corrected chi connectivity index (χ4v) is 2.49. The molecule has 2 aromatic heterocycles. The minimum Gasteiger partial charge on any atom is -0.493 e. The first-order chi connectivity index (χ1) is 12.1. The highest BCUT2D eigenvalue weighted by Gasteiger charge is 2.19. The molecule has 0 amide bonds. The average molecular weight is 361 g/mol. The molecule has 0 spiro atoms. The van der Waals surface area contributed by atoms with Crippen LogP contribution in [-0.4, -0.2) is 25.3 Å². The second-order valence-corrected chi connectivity index (χ2v) is 6.06. The maximum absolute atomic E-state index is 12.2. The van der Waals surface area contributed by atoms with Crippen LogP contribution in [0.1, 0.15) is 37.0 Å². The summed E-state index contributed by atoms with van der Waals surface area (Å²) in [5, 5.41) is 18.5. The molecule has 0 saturated carbocycles. The van der Waals surface area contributed by atoms with E-state index >= 15 is 0 Å². The third-order valence-corrected chi connectivity index (χ3v) is 3.92. The quantitative estimate of drug-likeness (QED) is 0.699. The molecule has 0 radical (unpaired) electrons. The Bertz CT molecular complexity index is 918. The number of hydrogen-bond acceptors (Lipinski definition) is 6. The van der Waals surface area contributed by atoms with Crippen LogP contribution in [0.4, 0.5) is 0 Å². The lowest BCUT2D eigenvalue weighted by molar-refractivity contribution is 0.443. The van der Waals surface area contributed by atoms with Crippen LogP contribution in [0.5, 0.6) is 5.88 Å². The summed E-state index contributed by atoms with van der Waals surface area (Å²) in [6, 6.07) is 7.23. The van der Waals surface area contributed by atoms with E-state index < -0.39 is 11.4 Å². The number of benzene rings is 1. The van der Waals surface area contributed by atoms with Gasteiger partial charge in [0, 0.05) is 11.4 Å². The topological polar surface area (TPSA) is 105 Å². The van der Waals surface area contributed by atoms with Crippen LogP contribution in [0.25, 0.3) is 11.5 Å². The van der Waals surface area contributed by atoms with Crippen LogP contribution in [0, 0.1) is 0 Å². The molecule has 2 N–H and O–H groups in total. The predicted molar refractivity (Wildman–Crippen MR) is 92.7 cm³/mol. The van der Waals surface area contributed by atoms with Crippen molar-refractivity contribution in [1.29, 1.82) is 0 Å². The Balaban J connectivity index is 1.84. The first-order valence-electron chi connectivity index (χ1n) is 7.96. The molecule has 130 valence electrons. The standard InChI is InChI=1S/C17H17ClN4O3/c1-2-3-4-12-19-15(23)14(16(24)20-12)17-22-21-13(25-17)9-10-5-7-11(18)8-6-10/h5-8H,2-4,9H2,1H3,(H2,19,20,23,24). The van der Waals surface area contributed by atoms with Gasteiger partial charge >= 0.3 is 0 Å². The molecule has 0 bridgehead atoms. The third kappa shape index (κ3) is 4.06. The number of aromatic hydroxyl groups is 1. The lowest BCUT2D eigenvalue weighted by Crippen LogP contribution is -2.14. The molecule has 7 nitrogen and oxygen atoms in total. The van der Waals surface area contributed by atoms with Gasteiger partial charge < -0.3 is 14.5 Å². The van der Waals surface area contributed by atoms with Crippen molar-refractivity contribution in [1.82, 2.24) is 20.2 Å². The molecule has 8 heteroatoms. The molecule has 0 aliphatic carbocycles. The van der Waals surface area contributed by atoms with Gasteiger partial charge in [-0.3, -0.25) is 4.79 Å². The van der Waals surface area contributed by atoms with Crippen LogP contribution in [-0.2, 0) is 12.8 Å². The summed E-state index contributed by atoms with van der Waals surface area (Å²) in [6.45, 7) is 2.03. The summed E-state index contributed by atoms with van der Waals surface area (Å²) >= 11 is 5.85. The highest BCUT2D eigenvalue weighted by atomic mass is 35.5. The molecule has 0 aliphatic rings. The van der Waals surface area contributed by atoms with E-state index in [1.54, 1.807) is 12.1 Å². The Labute approximate surface area is 148 Å². The first kappa shape index (κ1) is 17.2. The van der Waals surface area contributed by atoms with Crippen LogP contribution < -0.4 is 5.56 Å². The molecule has 3 rings (SSSR count). The summed E-state index contributed by atoms with van der Waals surface area (Å²) in [5.74, 6) is 0.300. The third-order valence-electron chi connectivity index (χ3n) is 3.67. The maximum atomic E-state index is 12.2. The number of hydrogen-bond donors (Lipinski definition) is 2. The van der Waals surface area contributed by atoms with Gasteiger partial charge in [0.15, 0.2) is 5.56 Å². The Morgan fingerprint density at radius 1 is 1.24 bits per heavy atom. The van der Waals surface area contributed by atoms with Crippen molar-refractivity contribution < 1.29 is 9.52 Å². The van der Waals surface area contributed by atoms with Crippen molar-refractivity contribution in [3.05, 3.63) is 56.9 Å². The monoisotopic (exact) mass is 360 g/mol. The Hall–Kier alpha value is -2.67. The number of H-pyrrole nitrogens is 1. The summed E-state index contributed by atoms with van der Waals surface area (Å²) in [7, 11) is 0. The van der Waals surface area contributed by atoms with Gasteiger partial charge in [0.1, 0.15) is 5.82 Å². The van der Waals surface area contributed by atoms with Gasteiger partial charge in [-0.1, -0.05) is 37.1 Å². The number of aryl methyl sites for hydroxylation is 1. The van der Waals surface area contributed by atoms with E-state index in [-0.39, 0.29) is 11.5 Å². The zero-order valence-corrected chi connectivity index (χ0v) is 14.4. The summed E-state index contributed by atoms with van der Waals surface area (Å²) in [6.07, 6.45) is 2.81. The minimum atomic E-state index is -0.500. The Morgan fingerprint density at radius 2 is 2.00 bits per heavy atom. The number of aromatic nitrogens is 4. The van der Waals surface area contributed by atoms with Gasteiger partial charge in [-0.2, -0.15) is 4.98 Å². The summed E-state index contributed by atoms with van der Waals surface area (Å²) in [5.41, 5.74) is 0.321. The van der Waals surface area contributed by atoms with Gasteiger partial charge in [0.2, 0.25) is 11.8 Å². The number of unbranched alkanes of at least 4 members (excludes halogenated alkanes) is 1. The minimum absolute atomic E-state index is 0.0581. The number of nitrogens with zero attached hydrogens (tertiary/aromatic N) is 3. The molecule has 25 heavy (non-hydrogen) atoms. The number of aromatic amines is 1. The van der Waals surface area contributed by atoms with Crippen molar-refractivity contribution in [3.63, 3.8) is 0 Å². The summed E-state index contributed by atoms with van der Waals surface area (Å²) < 4.78 is 5.51. The molecule has 0 fully saturated rings. The first-order valence-corrected chi connectivity index (χ1v) is 8.34. The molecule has 3 aromatic rings. The second kappa shape index (κ2) is 7.48. The van der Waals surface area contributed by atoms with Gasteiger partial charge in [0.05, 0.1) is 6.42 Å². The Kier molecular flexibility index (Phi) is 5.14. The molecule has 1 aromatic carbocycles. The number of rotatable bonds is 6. The number of halogens is 1. The van der Waals surface area contributed by atoms with E-state index in [9.17, 15) is 9.90 Å². The molecule has 2 heterocycles. The molecule has 0 unspecified atom stereocenters. The van der Waals surface area contributed by atoms with Crippen LogP contribution >= 0.6 is 11.6 Å². The van der Waals surface area contributed by atoms with Crippen molar-refractivity contribution >= 4 is 11.6 Å². The normalized spacial score (nSPS) is 11.0. The van der Waals surface area contributed by atoms with Gasteiger partial charge in [0.25, 0.3) is 11.4 Å². The predicted octanol–water partition coefficient (Wildman–Crippen LogP) is 3.11. The van der Waals surface area contributed by atoms with E-state index in [0.717, 1.165) is 18.4 Å². The van der Waals surface area contributed by atoms with E-state index in [4.69, 9.17) is 16.0 Å².